The maximum atomic E-state index is 12.0. The summed E-state index contributed by atoms with van der Waals surface area (Å²) in [6, 6.07) is 5.02. The topological polar surface area (TPSA) is 41.6 Å². The van der Waals surface area contributed by atoms with Gasteiger partial charge in [0.25, 0.3) is 0 Å². The molecule has 1 saturated heterocycles. The van der Waals surface area contributed by atoms with Crippen molar-refractivity contribution >= 4 is 11.6 Å². The van der Waals surface area contributed by atoms with Gasteiger partial charge >= 0.3 is 6.36 Å². The molecule has 1 aromatic rings. The number of carbonyl (C=O) groups is 1. The largest absolute Gasteiger partial charge is 0.573 e. The highest BCUT2D eigenvalue weighted by atomic mass is 19.4. The Balaban J connectivity index is 1.92. The average molecular weight is 316 g/mol. The fraction of sp³-hybridized carbons (Fsp3) is 0.400. The second-order valence-corrected chi connectivity index (χ2v) is 5.04. The van der Waals surface area contributed by atoms with E-state index in [2.05, 4.69) is 15.0 Å². The molecule has 0 aliphatic carbocycles. The number of ether oxygens (including phenoxy) is 1. The number of hydrogen-bond acceptors (Lipinski definition) is 3. The number of alkyl halides is 3. The molecule has 0 unspecified atom stereocenters. The molecule has 4 nitrogen and oxygen atoms in total. The highest BCUT2D eigenvalue weighted by Crippen LogP contribution is 2.24. The Bertz CT molecular complexity index is 547. The minimum atomic E-state index is -4.72. The average Bonchev–Trinajstić information content (AvgIpc) is 2.93. The first-order chi connectivity index (χ1) is 10.3. The van der Waals surface area contributed by atoms with Crippen molar-refractivity contribution in [2.45, 2.75) is 26.1 Å². The fourth-order valence-electron chi connectivity index (χ4n) is 2.27. The molecule has 1 aromatic carbocycles. The fourth-order valence-corrected chi connectivity index (χ4v) is 2.27. The van der Waals surface area contributed by atoms with Gasteiger partial charge in [-0.05, 0) is 44.0 Å². The summed E-state index contributed by atoms with van der Waals surface area (Å²) in [5.74, 6) is -0.636. The van der Waals surface area contributed by atoms with Crippen molar-refractivity contribution < 1.29 is 22.7 Å². The summed E-state index contributed by atoms with van der Waals surface area (Å²) in [6.45, 7) is 3.75. The number of halogens is 3. The lowest BCUT2D eigenvalue weighted by molar-refractivity contribution is -0.274. The molecule has 1 amide bonds. The Morgan fingerprint density at radius 3 is 2.41 bits per heavy atom. The zero-order chi connectivity index (χ0) is 16.2. The second-order valence-electron chi connectivity index (χ2n) is 5.04. The van der Waals surface area contributed by atoms with Crippen molar-refractivity contribution in [2.75, 3.05) is 18.4 Å². The van der Waals surface area contributed by atoms with E-state index < -0.39 is 6.36 Å². The standard InChI is InChI=1S/C15H17F3N2O2/c1-11(20-8-2-3-9-20)10-14(21)19-12-4-6-13(7-5-12)22-15(16,17)18/h4-7,10H,2-3,8-9H2,1H3,(H,19,21)/b11-10+/i14+2. The predicted octanol–water partition coefficient (Wildman–Crippen LogP) is 3.52. The minimum Gasteiger partial charge on any atom is -0.406 e. The van der Waals surface area contributed by atoms with Gasteiger partial charge in [-0.25, -0.2) is 0 Å². The predicted molar refractivity (Wildman–Crippen MR) is 76.3 cm³/mol. The summed E-state index contributed by atoms with van der Waals surface area (Å²) < 4.78 is 39.9. The number of benzene rings is 1. The van der Waals surface area contributed by atoms with Crippen molar-refractivity contribution in [3.8, 4) is 5.75 Å². The van der Waals surface area contributed by atoms with Crippen LogP contribution in [0.2, 0.25) is 0 Å². The van der Waals surface area contributed by atoms with E-state index in [0.29, 0.717) is 5.69 Å². The first kappa shape index (κ1) is 16.2. The van der Waals surface area contributed by atoms with Gasteiger partial charge in [-0.2, -0.15) is 0 Å². The number of nitrogens with zero attached hydrogens (tertiary/aromatic N) is 1. The third kappa shape index (κ3) is 4.98. The van der Waals surface area contributed by atoms with Crippen molar-refractivity contribution in [3.63, 3.8) is 0 Å². The molecule has 0 aromatic heterocycles. The molecule has 1 aliphatic rings. The molecular weight excluding hydrogens is 299 g/mol. The number of anilines is 1. The molecular formula is C15H17F3N2O2. The van der Waals surface area contributed by atoms with Gasteiger partial charge in [0.15, 0.2) is 0 Å². The van der Waals surface area contributed by atoms with Gasteiger partial charge in [0.1, 0.15) is 5.75 Å². The number of allylic oxidation sites excluding steroid dienone is 1. The SMILES string of the molecule is C/C(=C\[14C](=O)Nc1ccc(OC(F)(F)F)cc1)N1CCCC1. The van der Waals surface area contributed by atoms with E-state index in [4.69, 9.17) is 0 Å². The van der Waals surface area contributed by atoms with Crippen molar-refractivity contribution in [1.82, 2.24) is 4.90 Å². The third-order valence-corrected chi connectivity index (χ3v) is 3.30. The van der Waals surface area contributed by atoms with Crippen LogP contribution in [0.3, 0.4) is 0 Å². The summed E-state index contributed by atoms with van der Waals surface area (Å²) in [5, 5.41) is 2.61. The second kappa shape index (κ2) is 6.72. The molecule has 2 rings (SSSR count). The Hall–Kier alpha value is -2.18. The molecule has 0 saturated carbocycles. The van der Waals surface area contributed by atoms with Gasteiger partial charge in [0.05, 0.1) is 0 Å². The van der Waals surface area contributed by atoms with Gasteiger partial charge in [-0.3, -0.25) is 4.79 Å². The van der Waals surface area contributed by atoms with Gasteiger partial charge in [0, 0.05) is 30.5 Å². The van der Waals surface area contributed by atoms with Crippen LogP contribution in [0.1, 0.15) is 19.8 Å². The van der Waals surface area contributed by atoms with Gasteiger partial charge in [0.2, 0.25) is 5.91 Å². The summed E-state index contributed by atoms with van der Waals surface area (Å²) in [7, 11) is 0. The normalized spacial score (nSPS) is 15.8. The number of likely N-dealkylation sites (tertiary alicyclic amines) is 1. The van der Waals surface area contributed by atoms with Crippen LogP contribution in [-0.4, -0.2) is 30.3 Å². The Morgan fingerprint density at radius 1 is 1.27 bits per heavy atom. The number of hydrogen-bond donors (Lipinski definition) is 1. The van der Waals surface area contributed by atoms with Gasteiger partial charge in [-0.1, -0.05) is 0 Å². The first-order valence-electron chi connectivity index (χ1n) is 6.93. The highest BCUT2D eigenvalue weighted by Gasteiger charge is 2.30. The van der Waals surface area contributed by atoms with Crippen LogP contribution in [0, 0.1) is 0 Å². The Morgan fingerprint density at radius 2 is 1.86 bits per heavy atom. The van der Waals surface area contributed by atoms with Crippen LogP contribution >= 0.6 is 0 Å². The molecule has 1 N–H and O–H groups in total. The van der Waals surface area contributed by atoms with E-state index in [-0.39, 0.29) is 11.7 Å². The molecule has 0 bridgehead atoms. The summed E-state index contributed by atoms with van der Waals surface area (Å²) in [6.07, 6.45) is -0.993. The maximum Gasteiger partial charge on any atom is 0.573 e. The van der Waals surface area contributed by atoms with Crippen LogP contribution in [0.15, 0.2) is 36.0 Å². The molecule has 1 heterocycles. The molecule has 1 fully saturated rings. The van der Waals surface area contributed by atoms with Gasteiger partial charge in [-0.15, -0.1) is 13.2 Å². The summed E-state index contributed by atoms with van der Waals surface area (Å²) in [5.41, 5.74) is 1.29. The molecule has 120 valence electrons. The third-order valence-electron chi connectivity index (χ3n) is 3.30. The zero-order valence-corrected chi connectivity index (χ0v) is 12.1. The number of amides is 1. The molecule has 0 spiro atoms. The Labute approximate surface area is 126 Å². The van der Waals surface area contributed by atoms with Crippen LogP contribution < -0.4 is 10.1 Å². The Kier molecular flexibility index (Phi) is 4.95. The van der Waals surface area contributed by atoms with E-state index in [9.17, 15) is 18.0 Å². The van der Waals surface area contributed by atoms with E-state index in [1.165, 1.54) is 18.2 Å². The van der Waals surface area contributed by atoms with Crippen molar-refractivity contribution in [2.24, 2.45) is 0 Å². The quantitative estimate of drug-likeness (QED) is 0.864. The number of nitrogens with one attached hydrogen (secondary N) is 1. The zero-order valence-electron chi connectivity index (χ0n) is 12.1. The number of carbonyl (C=O) groups excluding carboxylic acids is 1. The van der Waals surface area contributed by atoms with Crippen LogP contribution in [0.5, 0.6) is 5.75 Å². The maximum absolute atomic E-state index is 12.0. The van der Waals surface area contributed by atoms with E-state index in [0.717, 1.165) is 43.8 Å². The lowest BCUT2D eigenvalue weighted by Gasteiger charge is -2.17. The minimum absolute atomic E-state index is 0.311. The molecule has 22 heavy (non-hydrogen) atoms. The summed E-state index contributed by atoms with van der Waals surface area (Å²) >= 11 is 0. The van der Waals surface area contributed by atoms with E-state index in [1.54, 1.807) is 0 Å². The number of rotatable bonds is 4. The van der Waals surface area contributed by atoms with Crippen molar-refractivity contribution in [3.05, 3.63) is 36.0 Å². The summed E-state index contributed by atoms with van der Waals surface area (Å²) in [4.78, 5) is 14.0. The van der Waals surface area contributed by atoms with E-state index >= 15 is 0 Å². The van der Waals surface area contributed by atoms with Crippen molar-refractivity contribution in [1.29, 1.82) is 0 Å². The lowest BCUT2D eigenvalue weighted by atomic mass is 10.3. The van der Waals surface area contributed by atoms with Gasteiger partial charge < -0.3 is 15.0 Å². The van der Waals surface area contributed by atoms with Crippen LogP contribution in [-0.2, 0) is 4.79 Å². The molecule has 1 aliphatic heterocycles. The smallest absolute Gasteiger partial charge is 0.406 e. The molecule has 0 atom stereocenters. The lowest BCUT2D eigenvalue weighted by Crippen LogP contribution is -2.19. The van der Waals surface area contributed by atoms with Crippen LogP contribution in [0.4, 0.5) is 18.9 Å². The monoisotopic (exact) mass is 316 g/mol. The van der Waals surface area contributed by atoms with E-state index in [1.807, 2.05) is 6.92 Å². The molecule has 7 heteroatoms. The van der Waals surface area contributed by atoms with Crippen LogP contribution in [0.25, 0.3) is 0 Å². The first-order valence-corrected chi connectivity index (χ1v) is 6.93. The highest BCUT2D eigenvalue weighted by molar-refractivity contribution is 5.99. The molecule has 0 radical (unpaired) electrons.